The molecule has 2 aliphatic rings. The van der Waals surface area contributed by atoms with Gasteiger partial charge in [-0.25, -0.2) is 0 Å². The molecule has 0 aromatic carbocycles. The van der Waals surface area contributed by atoms with Crippen LogP contribution < -0.4 is 5.32 Å². The third kappa shape index (κ3) is 4.73. The van der Waals surface area contributed by atoms with Crippen LogP contribution in [0.4, 0.5) is 0 Å². The van der Waals surface area contributed by atoms with Gasteiger partial charge in [-0.3, -0.25) is 0 Å². The zero-order valence-electron chi connectivity index (χ0n) is 13.9. The minimum atomic E-state index is 0.554. The second-order valence-electron chi connectivity index (χ2n) is 7.40. The van der Waals surface area contributed by atoms with Crippen molar-refractivity contribution in [1.82, 2.24) is 10.2 Å². The Balaban J connectivity index is 1.94. The third-order valence-corrected chi connectivity index (χ3v) is 5.70. The van der Waals surface area contributed by atoms with E-state index in [2.05, 4.69) is 24.2 Å². The molecule has 0 saturated heterocycles. The molecule has 2 fully saturated rings. The van der Waals surface area contributed by atoms with Crippen LogP contribution >= 0.6 is 0 Å². The molecule has 2 heteroatoms. The highest BCUT2D eigenvalue weighted by Crippen LogP contribution is 2.36. The van der Waals surface area contributed by atoms with Crippen LogP contribution in [0.5, 0.6) is 0 Å². The Morgan fingerprint density at radius 2 is 1.55 bits per heavy atom. The van der Waals surface area contributed by atoms with Crippen molar-refractivity contribution in [2.45, 2.75) is 83.6 Å². The number of hydrogen-bond donors (Lipinski definition) is 1. The second kappa shape index (κ2) is 8.38. The van der Waals surface area contributed by atoms with Crippen molar-refractivity contribution in [3.63, 3.8) is 0 Å². The first kappa shape index (κ1) is 16.3. The summed E-state index contributed by atoms with van der Waals surface area (Å²) in [5, 5.41) is 3.67. The van der Waals surface area contributed by atoms with Crippen molar-refractivity contribution in [3.8, 4) is 0 Å². The molecule has 20 heavy (non-hydrogen) atoms. The van der Waals surface area contributed by atoms with Gasteiger partial charge >= 0.3 is 0 Å². The van der Waals surface area contributed by atoms with Crippen molar-refractivity contribution in [2.24, 2.45) is 5.41 Å². The normalized spacial score (nSPS) is 24.8. The molecule has 2 rings (SSSR count). The van der Waals surface area contributed by atoms with Crippen LogP contribution in [0, 0.1) is 5.41 Å². The maximum Gasteiger partial charge on any atom is 0.00924 e. The lowest BCUT2D eigenvalue weighted by Gasteiger charge is -2.41. The summed E-state index contributed by atoms with van der Waals surface area (Å²) < 4.78 is 0. The summed E-state index contributed by atoms with van der Waals surface area (Å²) in [7, 11) is 2.40. The molecule has 0 heterocycles. The lowest BCUT2D eigenvalue weighted by molar-refractivity contribution is 0.0979. The van der Waals surface area contributed by atoms with Crippen molar-refractivity contribution < 1.29 is 0 Å². The molecule has 2 aliphatic carbocycles. The van der Waals surface area contributed by atoms with E-state index in [0.29, 0.717) is 5.41 Å². The fraction of sp³-hybridized carbons (Fsp3) is 1.00. The standard InChI is InChI=1S/C18H36N2/c1-3-19-15-18(13-9-4-5-10-14-18)16-20(2)17-11-7-6-8-12-17/h17,19H,3-16H2,1-2H3. The number of nitrogens with one attached hydrogen (secondary N) is 1. The Morgan fingerprint density at radius 1 is 0.950 bits per heavy atom. The third-order valence-electron chi connectivity index (χ3n) is 5.70. The molecule has 0 radical (unpaired) electrons. The first-order chi connectivity index (χ1) is 9.76. The van der Waals surface area contributed by atoms with Gasteiger partial charge in [0.15, 0.2) is 0 Å². The molecule has 0 bridgehead atoms. The summed E-state index contributed by atoms with van der Waals surface area (Å²) in [6.07, 6.45) is 15.9. The minimum absolute atomic E-state index is 0.554. The number of nitrogens with zero attached hydrogens (tertiary/aromatic N) is 1. The molecule has 0 atom stereocenters. The van der Waals surface area contributed by atoms with Gasteiger partial charge < -0.3 is 10.2 Å². The van der Waals surface area contributed by atoms with Gasteiger partial charge in [0.05, 0.1) is 0 Å². The van der Waals surface area contributed by atoms with E-state index in [1.807, 2.05) is 0 Å². The van der Waals surface area contributed by atoms with Crippen LogP contribution in [0.25, 0.3) is 0 Å². The predicted molar refractivity (Wildman–Crippen MR) is 88.2 cm³/mol. The fourth-order valence-corrected chi connectivity index (χ4v) is 4.44. The predicted octanol–water partition coefficient (Wildman–Crippen LogP) is 4.20. The van der Waals surface area contributed by atoms with Gasteiger partial charge in [0, 0.05) is 19.1 Å². The minimum Gasteiger partial charge on any atom is -0.316 e. The molecule has 0 aliphatic heterocycles. The molecular formula is C18H36N2. The topological polar surface area (TPSA) is 15.3 Å². The first-order valence-corrected chi connectivity index (χ1v) is 9.17. The van der Waals surface area contributed by atoms with Crippen molar-refractivity contribution in [2.75, 3.05) is 26.7 Å². The molecule has 0 aromatic heterocycles. The molecular weight excluding hydrogens is 244 g/mol. The zero-order valence-corrected chi connectivity index (χ0v) is 13.9. The quantitative estimate of drug-likeness (QED) is 0.734. The molecule has 0 amide bonds. The summed E-state index contributed by atoms with van der Waals surface area (Å²) in [5.74, 6) is 0. The van der Waals surface area contributed by atoms with Gasteiger partial charge in [0.1, 0.15) is 0 Å². The van der Waals surface area contributed by atoms with Crippen molar-refractivity contribution in [3.05, 3.63) is 0 Å². The van der Waals surface area contributed by atoms with Gasteiger partial charge in [-0.1, -0.05) is 51.9 Å². The van der Waals surface area contributed by atoms with E-state index in [1.165, 1.54) is 83.7 Å². The highest BCUT2D eigenvalue weighted by molar-refractivity contribution is 4.88. The van der Waals surface area contributed by atoms with Gasteiger partial charge in [-0.05, 0) is 44.7 Å². The Bertz CT molecular complexity index is 250. The summed E-state index contributed by atoms with van der Waals surface area (Å²) in [6.45, 7) is 5.93. The average molecular weight is 280 g/mol. The fourth-order valence-electron chi connectivity index (χ4n) is 4.44. The summed E-state index contributed by atoms with van der Waals surface area (Å²) in [6, 6.07) is 0.866. The van der Waals surface area contributed by atoms with Gasteiger partial charge in [-0.15, -0.1) is 0 Å². The molecule has 0 aromatic rings. The van der Waals surface area contributed by atoms with E-state index in [9.17, 15) is 0 Å². The Morgan fingerprint density at radius 3 is 2.15 bits per heavy atom. The van der Waals surface area contributed by atoms with E-state index in [-0.39, 0.29) is 0 Å². The van der Waals surface area contributed by atoms with Gasteiger partial charge in [0.2, 0.25) is 0 Å². The highest BCUT2D eigenvalue weighted by atomic mass is 15.1. The molecule has 1 N–H and O–H groups in total. The van der Waals surface area contributed by atoms with Gasteiger partial charge in [-0.2, -0.15) is 0 Å². The van der Waals surface area contributed by atoms with Crippen LogP contribution in [0.15, 0.2) is 0 Å². The average Bonchev–Trinajstić information content (AvgIpc) is 2.72. The molecule has 2 saturated carbocycles. The van der Waals surface area contributed by atoms with Crippen LogP contribution in [-0.2, 0) is 0 Å². The van der Waals surface area contributed by atoms with Crippen LogP contribution in [-0.4, -0.2) is 37.6 Å². The first-order valence-electron chi connectivity index (χ1n) is 9.17. The monoisotopic (exact) mass is 280 g/mol. The molecule has 118 valence electrons. The van der Waals surface area contributed by atoms with Crippen LogP contribution in [0.3, 0.4) is 0 Å². The van der Waals surface area contributed by atoms with Crippen LogP contribution in [0.1, 0.15) is 77.6 Å². The SMILES string of the molecule is CCNCC1(CN(C)C2CCCCC2)CCCCCC1. The Labute approximate surface area is 126 Å². The zero-order chi connectivity index (χ0) is 14.3. The van der Waals surface area contributed by atoms with E-state index < -0.39 is 0 Å². The number of rotatable bonds is 6. The molecule has 2 nitrogen and oxygen atoms in total. The smallest absolute Gasteiger partial charge is 0.00924 e. The summed E-state index contributed by atoms with van der Waals surface area (Å²) in [5.41, 5.74) is 0.554. The summed E-state index contributed by atoms with van der Waals surface area (Å²) >= 11 is 0. The second-order valence-corrected chi connectivity index (χ2v) is 7.40. The van der Waals surface area contributed by atoms with E-state index >= 15 is 0 Å². The van der Waals surface area contributed by atoms with Crippen molar-refractivity contribution in [1.29, 1.82) is 0 Å². The summed E-state index contributed by atoms with van der Waals surface area (Å²) in [4.78, 5) is 2.72. The Kier molecular flexibility index (Phi) is 6.83. The van der Waals surface area contributed by atoms with Crippen molar-refractivity contribution >= 4 is 0 Å². The highest BCUT2D eigenvalue weighted by Gasteiger charge is 2.33. The number of hydrogen-bond acceptors (Lipinski definition) is 2. The molecule has 0 unspecified atom stereocenters. The maximum absolute atomic E-state index is 3.67. The lowest BCUT2D eigenvalue weighted by atomic mass is 9.79. The molecule has 0 spiro atoms. The Hall–Kier alpha value is -0.0800. The lowest BCUT2D eigenvalue weighted by Crippen LogP contribution is -2.46. The largest absolute Gasteiger partial charge is 0.316 e. The van der Waals surface area contributed by atoms with E-state index in [0.717, 1.165) is 12.6 Å². The van der Waals surface area contributed by atoms with Gasteiger partial charge in [0.25, 0.3) is 0 Å². The maximum atomic E-state index is 3.67. The van der Waals surface area contributed by atoms with E-state index in [1.54, 1.807) is 0 Å². The van der Waals surface area contributed by atoms with Crippen LogP contribution in [0.2, 0.25) is 0 Å². The van der Waals surface area contributed by atoms with E-state index in [4.69, 9.17) is 0 Å².